The summed E-state index contributed by atoms with van der Waals surface area (Å²) in [4.78, 5) is 0.627. The molecule has 1 aromatic heterocycles. The Balaban J connectivity index is 2.32. The van der Waals surface area contributed by atoms with Gasteiger partial charge in [-0.05, 0) is 19.2 Å². The predicted molar refractivity (Wildman–Crippen MR) is 55.3 cm³/mol. The zero-order chi connectivity index (χ0) is 11.1. The first kappa shape index (κ1) is 11.0. The van der Waals surface area contributed by atoms with E-state index < -0.39 is 15.6 Å². The molecule has 7 heteroatoms. The van der Waals surface area contributed by atoms with Crippen LogP contribution in [0.3, 0.4) is 0 Å². The van der Waals surface area contributed by atoms with Gasteiger partial charge >= 0.3 is 0 Å². The van der Waals surface area contributed by atoms with Crippen molar-refractivity contribution in [2.45, 2.75) is 9.81 Å². The lowest BCUT2D eigenvalue weighted by Gasteiger charge is -2.35. The van der Waals surface area contributed by atoms with Crippen LogP contribution in [0.15, 0.2) is 16.3 Å². The van der Waals surface area contributed by atoms with Crippen LogP contribution >= 0.6 is 11.3 Å². The molecule has 0 atom stereocenters. The van der Waals surface area contributed by atoms with Crippen LogP contribution in [0.4, 0.5) is 0 Å². The van der Waals surface area contributed by atoms with E-state index in [2.05, 4.69) is 4.72 Å². The fourth-order valence-corrected chi connectivity index (χ4v) is 3.46. The summed E-state index contributed by atoms with van der Waals surface area (Å²) in [5, 5.41) is 9.90. The van der Waals surface area contributed by atoms with E-state index in [0.29, 0.717) is 4.88 Å². The average molecular weight is 249 g/mol. The van der Waals surface area contributed by atoms with Crippen LogP contribution in [0.1, 0.15) is 4.88 Å². The number of hydrogen-bond acceptors (Lipinski definition) is 5. The van der Waals surface area contributed by atoms with Gasteiger partial charge in [0.1, 0.15) is 9.81 Å². The van der Waals surface area contributed by atoms with Gasteiger partial charge in [0.05, 0.1) is 13.2 Å². The van der Waals surface area contributed by atoms with Gasteiger partial charge in [0, 0.05) is 4.88 Å². The van der Waals surface area contributed by atoms with Crippen molar-refractivity contribution in [3.63, 3.8) is 0 Å². The summed E-state index contributed by atoms with van der Waals surface area (Å²) < 4.78 is 30.2. The van der Waals surface area contributed by atoms with Gasteiger partial charge in [-0.15, -0.1) is 11.3 Å². The fraction of sp³-hybridized carbons (Fsp3) is 0.500. The van der Waals surface area contributed by atoms with Crippen molar-refractivity contribution in [2.24, 2.45) is 0 Å². The third kappa shape index (κ3) is 1.81. The molecule has 1 fully saturated rings. The highest BCUT2D eigenvalue weighted by molar-refractivity contribution is 7.91. The average Bonchev–Trinajstić information content (AvgIpc) is 2.63. The number of aliphatic hydroxyl groups is 1. The fourth-order valence-electron chi connectivity index (χ4n) is 1.25. The van der Waals surface area contributed by atoms with Crippen LogP contribution in [-0.2, 0) is 20.4 Å². The van der Waals surface area contributed by atoms with Crippen LogP contribution in [0.5, 0.6) is 0 Å². The van der Waals surface area contributed by atoms with E-state index in [-0.39, 0.29) is 17.4 Å². The van der Waals surface area contributed by atoms with E-state index in [9.17, 15) is 13.5 Å². The summed E-state index contributed by atoms with van der Waals surface area (Å²) in [6.07, 6.45) is 0. The van der Waals surface area contributed by atoms with Crippen molar-refractivity contribution in [3.05, 3.63) is 17.0 Å². The Labute approximate surface area is 91.7 Å². The van der Waals surface area contributed by atoms with Gasteiger partial charge in [0.15, 0.2) is 0 Å². The van der Waals surface area contributed by atoms with Gasteiger partial charge in [-0.1, -0.05) is 0 Å². The Morgan fingerprint density at radius 3 is 2.67 bits per heavy atom. The van der Waals surface area contributed by atoms with Crippen molar-refractivity contribution in [2.75, 3.05) is 20.3 Å². The molecule has 1 saturated heterocycles. The quantitative estimate of drug-likeness (QED) is 0.782. The van der Waals surface area contributed by atoms with Gasteiger partial charge in [0.25, 0.3) is 0 Å². The lowest BCUT2D eigenvalue weighted by molar-refractivity contribution is -0.182. The third-order valence-corrected chi connectivity index (χ3v) is 5.44. The van der Waals surface area contributed by atoms with Gasteiger partial charge in [-0.25, -0.2) is 13.1 Å². The van der Waals surface area contributed by atoms with Crippen LogP contribution in [-0.4, -0.2) is 33.8 Å². The molecule has 1 aromatic rings. The molecule has 0 spiro atoms. The second-order valence-electron chi connectivity index (χ2n) is 3.35. The Kier molecular flexibility index (Phi) is 2.60. The molecule has 2 heterocycles. The van der Waals surface area contributed by atoms with Crippen LogP contribution in [0.2, 0.25) is 0 Å². The SMILES string of the molecule is CNS(=O)(=O)c1ccc(C2(O)COC2)s1. The van der Waals surface area contributed by atoms with E-state index >= 15 is 0 Å². The maximum absolute atomic E-state index is 11.4. The van der Waals surface area contributed by atoms with Gasteiger partial charge < -0.3 is 9.84 Å². The van der Waals surface area contributed by atoms with Crippen molar-refractivity contribution in [1.82, 2.24) is 4.72 Å². The van der Waals surface area contributed by atoms with Gasteiger partial charge in [0.2, 0.25) is 10.0 Å². The summed E-state index contributed by atoms with van der Waals surface area (Å²) in [6.45, 7) is 0.457. The zero-order valence-electron chi connectivity index (χ0n) is 8.06. The number of nitrogens with one attached hydrogen (secondary N) is 1. The lowest BCUT2D eigenvalue weighted by atomic mass is 10.0. The van der Waals surface area contributed by atoms with E-state index in [1.165, 1.54) is 13.1 Å². The van der Waals surface area contributed by atoms with Crippen LogP contribution in [0, 0.1) is 0 Å². The van der Waals surface area contributed by atoms with Crippen molar-refractivity contribution in [1.29, 1.82) is 0 Å². The molecule has 84 valence electrons. The summed E-state index contributed by atoms with van der Waals surface area (Å²) in [5.74, 6) is 0. The smallest absolute Gasteiger partial charge is 0.249 e. The minimum Gasteiger partial charge on any atom is -0.379 e. The number of rotatable bonds is 3. The minimum atomic E-state index is -3.41. The second kappa shape index (κ2) is 3.53. The number of ether oxygens (including phenoxy) is 1. The topological polar surface area (TPSA) is 75.6 Å². The van der Waals surface area contributed by atoms with E-state index in [1.54, 1.807) is 6.07 Å². The van der Waals surface area contributed by atoms with Crippen molar-refractivity contribution >= 4 is 21.4 Å². The monoisotopic (exact) mass is 249 g/mol. The Bertz CT molecular complexity index is 461. The highest BCUT2D eigenvalue weighted by atomic mass is 32.2. The highest BCUT2D eigenvalue weighted by Gasteiger charge is 2.39. The molecule has 15 heavy (non-hydrogen) atoms. The summed E-state index contributed by atoms with van der Waals surface area (Å²) in [7, 11) is -2.05. The molecule has 0 bridgehead atoms. The Morgan fingerprint density at radius 2 is 2.20 bits per heavy atom. The standard InChI is InChI=1S/C8H11NO4S2/c1-9-15(11,12)7-3-2-6(14-7)8(10)4-13-5-8/h2-3,9-10H,4-5H2,1H3. The van der Waals surface area contributed by atoms with Crippen molar-refractivity contribution in [3.8, 4) is 0 Å². The molecular formula is C8H11NO4S2. The molecule has 0 unspecified atom stereocenters. The number of thiophene rings is 1. The van der Waals surface area contributed by atoms with Crippen LogP contribution in [0.25, 0.3) is 0 Å². The maximum atomic E-state index is 11.4. The molecule has 2 N–H and O–H groups in total. The van der Waals surface area contributed by atoms with E-state index in [4.69, 9.17) is 4.74 Å². The van der Waals surface area contributed by atoms with Gasteiger partial charge in [-0.3, -0.25) is 0 Å². The van der Waals surface area contributed by atoms with E-state index in [1.807, 2.05) is 0 Å². The first-order valence-electron chi connectivity index (χ1n) is 4.32. The molecule has 1 aliphatic rings. The molecule has 0 saturated carbocycles. The van der Waals surface area contributed by atoms with Crippen molar-refractivity contribution < 1.29 is 18.3 Å². The zero-order valence-corrected chi connectivity index (χ0v) is 9.69. The molecule has 0 aliphatic carbocycles. The number of hydrogen-bond donors (Lipinski definition) is 2. The molecule has 2 rings (SSSR count). The number of sulfonamides is 1. The summed E-state index contributed by atoms with van der Waals surface area (Å²) >= 11 is 1.07. The molecule has 0 aromatic carbocycles. The summed E-state index contributed by atoms with van der Waals surface area (Å²) in [5.41, 5.74) is -0.994. The first-order chi connectivity index (χ1) is 6.98. The molecule has 1 aliphatic heterocycles. The van der Waals surface area contributed by atoms with E-state index in [0.717, 1.165) is 11.3 Å². The molecule has 0 amide bonds. The highest BCUT2D eigenvalue weighted by Crippen LogP contribution is 2.35. The van der Waals surface area contributed by atoms with Gasteiger partial charge in [-0.2, -0.15) is 0 Å². The maximum Gasteiger partial charge on any atom is 0.249 e. The normalized spacial score (nSPS) is 19.9. The third-order valence-electron chi connectivity index (χ3n) is 2.26. The molecule has 5 nitrogen and oxygen atoms in total. The molecule has 0 radical (unpaired) electrons. The second-order valence-corrected chi connectivity index (χ2v) is 6.55. The first-order valence-corrected chi connectivity index (χ1v) is 6.62. The lowest BCUT2D eigenvalue weighted by Crippen LogP contribution is -2.45. The van der Waals surface area contributed by atoms with Crippen LogP contribution < -0.4 is 4.72 Å². The Hall–Kier alpha value is -0.470. The molecular weight excluding hydrogens is 238 g/mol. The predicted octanol–water partition coefficient (Wildman–Crippen LogP) is -0.126. The largest absolute Gasteiger partial charge is 0.379 e. The Morgan fingerprint density at radius 1 is 1.53 bits per heavy atom. The summed E-state index contributed by atoms with van der Waals surface area (Å²) in [6, 6.07) is 3.11. The minimum absolute atomic E-state index is 0.209.